The van der Waals surface area contributed by atoms with Crippen LogP contribution < -0.4 is 10.5 Å². The van der Waals surface area contributed by atoms with Crippen LogP contribution in [0.5, 0.6) is 0 Å². The topological polar surface area (TPSA) is 92.4 Å². The van der Waals surface area contributed by atoms with E-state index in [0.717, 1.165) is 0 Å². The van der Waals surface area contributed by atoms with E-state index in [0.29, 0.717) is 41.1 Å². The van der Waals surface area contributed by atoms with Crippen LogP contribution in [0.25, 0.3) is 0 Å². The molecule has 0 bridgehead atoms. The normalized spacial score (nSPS) is 11.7. The summed E-state index contributed by atoms with van der Waals surface area (Å²) in [5.74, 6) is 0. The van der Waals surface area contributed by atoms with Crippen molar-refractivity contribution >= 4 is 15.7 Å². The van der Waals surface area contributed by atoms with Crippen LogP contribution in [0.1, 0.15) is 24.0 Å². The number of aliphatic hydroxyl groups is 1. The second kappa shape index (κ2) is 6.17. The summed E-state index contributed by atoms with van der Waals surface area (Å²) in [6, 6.07) is 3.30. The van der Waals surface area contributed by atoms with Crippen LogP contribution in [0.4, 0.5) is 5.69 Å². The lowest BCUT2D eigenvalue weighted by Crippen LogP contribution is -2.26. The minimum Gasteiger partial charge on any atom is -0.399 e. The Morgan fingerprint density at radius 2 is 1.78 bits per heavy atom. The number of anilines is 1. The summed E-state index contributed by atoms with van der Waals surface area (Å²) in [5, 5.41) is 8.64. The van der Waals surface area contributed by atoms with E-state index in [1.165, 1.54) is 0 Å². The summed E-state index contributed by atoms with van der Waals surface area (Å²) in [5.41, 5.74) is 7.51. The molecule has 0 amide bonds. The van der Waals surface area contributed by atoms with Crippen LogP contribution in [0.2, 0.25) is 0 Å². The fourth-order valence-corrected chi connectivity index (χ4v) is 3.45. The van der Waals surface area contributed by atoms with Crippen LogP contribution >= 0.6 is 0 Å². The van der Waals surface area contributed by atoms with Crippen molar-refractivity contribution in [3.05, 3.63) is 23.3 Å². The Labute approximate surface area is 108 Å². The standard InChI is InChI=1S/C12H20N2O3S/c1-9-7-11(13)8-10(2)12(9)18(16,17)14-5-3-4-6-15/h7-8,14-15H,3-6,13H2,1-2H3. The van der Waals surface area contributed by atoms with E-state index in [-0.39, 0.29) is 6.61 Å². The molecule has 0 spiro atoms. The number of sulfonamides is 1. The minimum absolute atomic E-state index is 0.0711. The molecule has 102 valence electrons. The number of nitrogens with two attached hydrogens (primary N) is 1. The van der Waals surface area contributed by atoms with Crippen LogP contribution in [-0.4, -0.2) is 26.7 Å². The first-order chi connectivity index (χ1) is 8.38. The highest BCUT2D eigenvalue weighted by Crippen LogP contribution is 2.22. The number of hydrogen-bond donors (Lipinski definition) is 3. The first kappa shape index (κ1) is 14.9. The van der Waals surface area contributed by atoms with Gasteiger partial charge in [-0.15, -0.1) is 0 Å². The average Bonchev–Trinajstić information content (AvgIpc) is 2.22. The zero-order valence-electron chi connectivity index (χ0n) is 10.7. The van der Waals surface area contributed by atoms with Gasteiger partial charge in [0, 0.05) is 18.8 Å². The maximum absolute atomic E-state index is 12.1. The summed E-state index contributed by atoms with van der Waals surface area (Å²) >= 11 is 0. The molecule has 0 aliphatic heterocycles. The van der Waals surface area contributed by atoms with Gasteiger partial charge in [0.2, 0.25) is 10.0 Å². The Morgan fingerprint density at radius 1 is 1.22 bits per heavy atom. The number of benzene rings is 1. The van der Waals surface area contributed by atoms with E-state index in [4.69, 9.17) is 10.8 Å². The van der Waals surface area contributed by atoms with Crippen molar-refractivity contribution in [2.75, 3.05) is 18.9 Å². The van der Waals surface area contributed by atoms with Gasteiger partial charge < -0.3 is 10.8 Å². The van der Waals surface area contributed by atoms with Crippen molar-refractivity contribution in [2.45, 2.75) is 31.6 Å². The monoisotopic (exact) mass is 272 g/mol. The molecule has 0 unspecified atom stereocenters. The highest BCUT2D eigenvalue weighted by Gasteiger charge is 2.19. The summed E-state index contributed by atoms with van der Waals surface area (Å²) in [4.78, 5) is 0.292. The highest BCUT2D eigenvalue weighted by atomic mass is 32.2. The molecule has 1 rings (SSSR count). The van der Waals surface area contributed by atoms with Crippen LogP contribution in [0, 0.1) is 13.8 Å². The molecule has 6 heteroatoms. The van der Waals surface area contributed by atoms with Crippen molar-refractivity contribution in [1.82, 2.24) is 4.72 Å². The molecule has 1 aromatic carbocycles. The van der Waals surface area contributed by atoms with Crippen molar-refractivity contribution in [2.24, 2.45) is 0 Å². The third-order valence-corrected chi connectivity index (χ3v) is 4.39. The van der Waals surface area contributed by atoms with Gasteiger partial charge in [0.1, 0.15) is 0 Å². The summed E-state index contributed by atoms with van der Waals surface area (Å²) in [7, 11) is -3.51. The number of rotatable bonds is 6. The third-order valence-electron chi connectivity index (χ3n) is 2.63. The van der Waals surface area contributed by atoms with Gasteiger partial charge in [-0.3, -0.25) is 0 Å². The number of aryl methyl sites for hydroxylation is 2. The van der Waals surface area contributed by atoms with E-state index in [1.54, 1.807) is 26.0 Å². The number of hydrogen-bond acceptors (Lipinski definition) is 4. The molecule has 18 heavy (non-hydrogen) atoms. The fraction of sp³-hybridized carbons (Fsp3) is 0.500. The van der Waals surface area contributed by atoms with Crippen molar-refractivity contribution in [3.8, 4) is 0 Å². The van der Waals surface area contributed by atoms with Crippen molar-refractivity contribution in [1.29, 1.82) is 0 Å². The van der Waals surface area contributed by atoms with E-state index in [9.17, 15) is 8.42 Å². The molecule has 4 N–H and O–H groups in total. The predicted molar refractivity (Wildman–Crippen MR) is 71.8 cm³/mol. The molecule has 0 aromatic heterocycles. The summed E-state index contributed by atoms with van der Waals surface area (Å²) in [6.07, 6.45) is 1.20. The lowest BCUT2D eigenvalue weighted by Gasteiger charge is -2.12. The lowest BCUT2D eigenvalue weighted by atomic mass is 10.1. The first-order valence-electron chi connectivity index (χ1n) is 5.85. The molecule has 0 aliphatic rings. The van der Waals surface area contributed by atoms with E-state index < -0.39 is 10.0 Å². The molecule has 0 aliphatic carbocycles. The number of aliphatic hydroxyl groups excluding tert-OH is 1. The van der Waals surface area contributed by atoms with E-state index in [2.05, 4.69) is 4.72 Å². The largest absolute Gasteiger partial charge is 0.399 e. The Hall–Kier alpha value is -1.11. The maximum atomic E-state index is 12.1. The predicted octanol–water partition coefficient (Wildman–Crippen LogP) is 0.936. The van der Waals surface area contributed by atoms with E-state index in [1.807, 2.05) is 0 Å². The van der Waals surface area contributed by atoms with Gasteiger partial charge in [0.15, 0.2) is 0 Å². The van der Waals surface area contributed by atoms with Crippen molar-refractivity contribution < 1.29 is 13.5 Å². The second-order valence-electron chi connectivity index (χ2n) is 4.31. The Kier molecular flexibility index (Phi) is 5.13. The molecule has 0 radical (unpaired) electrons. The number of nitrogens with one attached hydrogen (secondary N) is 1. The average molecular weight is 272 g/mol. The molecule has 0 heterocycles. The molecule has 5 nitrogen and oxygen atoms in total. The molecule has 1 aromatic rings. The van der Waals surface area contributed by atoms with Crippen LogP contribution in [0.3, 0.4) is 0 Å². The zero-order chi connectivity index (χ0) is 13.8. The molecule has 0 fully saturated rings. The lowest BCUT2D eigenvalue weighted by molar-refractivity contribution is 0.285. The quantitative estimate of drug-likeness (QED) is 0.531. The van der Waals surface area contributed by atoms with Gasteiger partial charge in [0.05, 0.1) is 4.90 Å². The van der Waals surface area contributed by atoms with Gasteiger partial charge >= 0.3 is 0 Å². The van der Waals surface area contributed by atoms with E-state index >= 15 is 0 Å². The third kappa shape index (κ3) is 3.69. The Morgan fingerprint density at radius 3 is 2.28 bits per heavy atom. The molecule has 0 saturated heterocycles. The maximum Gasteiger partial charge on any atom is 0.241 e. The fourth-order valence-electron chi connectivity index (χ4n) is 1.92. The minimum atomic E-state index is -3.51. The SMILES string of the molecule is Cc1cc(N)cc(C)c1S(=O)(=O)NCCCCO. The smallest absolute Gasteiger partial charge is 0.241 e. The molecule has 0 saturated carbocycles. The zero-order valence-corrected chi connectivity index (χ0v) is 11.5. The number of nitrogen functional groups attached to an aromatic ring is 1. The Bertz CT molecular complexity index is 489. The molecular weight excluding hydrogens is 252 g/mol. The second-order valence-corrected chi connectivity index (χ2v) is 6.02. The highest BCUT2D eigenvalue weighted by molar-refractivity contribution is 7.89. The van der Waals surface area contributed by atoms with Gasteiger partial charge in [0.25, 0.3) is 0 Å². The van der Waals surface area contributed by atoms with Gasteiger partial charge in [-0.2, -0.15) is 0 Å². The Balaban J connectivity index is 2.92. The first-order valence-corrected chi connectivity index (χ1v) is 7.34. The van der Waals surface area contributed by atoms with Crippen molar-refractivity contribution in [3.63, 3.8) is 0 Å². The van der Waals surface area contributed by atoms with Gasteiger partial charge in [-0.25, -0.2) is 13.1 Å². The molecule has 0 atom stereocenters. The molecular formula is C12H20N2O3S. The summed E-state index contributed by atoms with van der Waals surface area (Å²) < 4.78 is 26.8. The number of unbranched alkanes of at least 4 members (excludes halogenated alkanes) is 1. The van der Waals surface area contributed by atoms with Crippen LogP contribution in [0.15, 0.2) is 17.0 Å². The summed E-state index contributed by atoms with van der Waals surface area (Å²) in [6.45, 7) is 3.85. The van der Waals surface area contributed by atoms with Gasteiger partial charge in [-0.1, -0.05) is 0 Å². The van der Waals surface area contributed by atoms with Crippen LogP contribution in [-0.2, 0) is 10.0 Å². The van der Waals surface area contributed by atoms with Gasteiger partial charge in [-0.05, 0) is 49.9 Å².